The molecule has 0 aliphatic carbocycles. The molecule has 0 radical (unpaired) electrons. The fourth-order valence-corrected chi connectivity index (χ4v) is 3.13. The van der Waals surface area contributed by atoms with E-state index in [0.717, 1.165) is 53.7 Å². The molecule has 20 heavy (non-hydrogen) atoms. The van der Waals surface area contributed by atoms with Gasteiger partial charge in [0, 0.05) is 29.6 Å². The molecule has 2 heterocycles. The highest BCUT2D eigenvalue weighted by atomic mass is 79.9. The number of piperidine rings is 1. The average molecular weight is 336 g/mol. The van der Waals surface area contributed by atoms with Crippen LogP contribution in [-0.2, 0) is 4.74 Å². The molecular weight excluding hydrogens is 318 g/mol. The number of anilines is 1. The SMILES string of the molecule is CCOC1CCCN(c2ncnc3ccc(Br)cc23)C1. The molecule has 0 bridgehead atoms. The molecule has 4 nitrogen and oxygen atoms in total. The van der Waals surface area contributed by atoms with Crippen molar-refractivity contribution in [1.29, 1.82) is 0 Å². The number of halogens is 1. The normalized spacial score (nSPS) is 19.5. The number of rotatable bonds is 3. The first-order chi connectivity index (χ1) is 9.78. The minimum Gasteiger partial charge on any atom is -0.377 e. The van der Waals surface area contributed by atoms with Gasteiger partial charge in [-0.15, -0.1) is 0 Å². The van der Waals surface area contributed by atoms with E-state index in [-0.39, 0.29) is 0 Å². The third kappa shape index (κ3) is 2.79. The lowest BCUT2D eigenvalue weighted by Crippen LogP contribution is -2.40. The highest BCUT2D eigenvalue weighted by Gasteiger charge is 2.22. The third-order valence-electron chi connectivity index (χ3n) is 3.66. The maximum atomic E-state index is 5.78. The second-order valence-electron chi connectivity index (χ2n) is 5.02. The van der Waals surface area contributed by atoms with Crippen LogP contribution in [0, 0.1) is 0 Å². The van der Waals surface area contributed by atoms with E-state index >= 15 is 0 Å². The van der Waals surface area contributed by atoms with Crippen LogP contribution in [0.5, 0.6) is 0 Å². The van der Waals surface area contributed by atoms with Crippen molar-refractivity contribution < 1.29 is 4.74 Å². The second-order valence-corrected chi connectivity index (χ2v) is 5.94. The van der Waals surface area contributed by atoms with Gasteiger partial charge in [-0.25, -0.2) is 9.97 Å². The van der Waals surface area contributed by atoms with Gasteiger partial charge in [0.1, 0.15) is 12.1 Å². The maximum absolute atomic E-state index is 5.78. The molecule has 0 amide bonds. The van der Waals surface area contributed by atoms with Gasteiger partial charge in [0.2, 0.25) is 0 Å². The zero-order valence-electron chi connectivity index (χ0n) is 11.6. The molecule has 1 aromatic carbocycles. The van der Waals surface area contributed by atoms with Gasteiger partial charge >= 0.3 is 0 Å². The predicted molar refractivity (Wildman–Crippen MR) is 84.1 cm³/mol. The first-order valence-electron chi connectivity index (χ1n) is 7.04. The van der Waals surface area contributed by atoms with Crippen molar-refractivity contribution in [2.75, 3.05) is 24.6 Å². The first-order valence-corrected chi connectivity index (χ1v) is 7.84. The summed E-state index contributed by atoms with van der Waals surface area (Å²) in [5.41, 5.74) is 0.983. The number of ether oxygens (including phenoxy) is 1. The highest BCUT2D eigenvalue weighted by Crippen LogP contribution is 2.28. The van der Waals surface area contributed by atoms with Crippen molar-refractivity contribution in [3.63, 3.8) is 0 Å². The zero-order valence-corrected chi connectivity index (χ0v) is 13.1. The lowest BCUT2D eigenvalue weighted by Gasteiger charge is -2.33. The fraction of sp³-hybridized carbons (Fsp3) is 0.467. The van der Waals surface area contributed by atoms with E-state index in [4.69, 9.17) is 4.74 Å². The molecule has 0 spiro atoms. The number of benzene rings is 1. The van der Waals surface area contributed by atoms with Crippen molar-refractivity contribution in [3.8, 4) is 0 Å². The molecule has 2 aromatic rings. The Kier molecular flexibility index (Phi) is 4.17. The molecule has 1 fully saturated rings. The van der Waals surface area contributed by atoms with Crippen molar-refractivity contribution in [2.45, 2.75) is 25.9 Å². The van der Waals surface area contributed by atoms with E-state index in [1.54, 1.807) is 6.33 Å². The molecule has 1 aliphatic heterocycles. The summed E-state index contributed by atoms with van der Waals surface area (Å²) in [6.07, 6.45) is 4.24. The molecule has 1 unspecified atom stereocenters. The van der Waals surface area contributed by atoms with Crippen molar-refractivity contribution in [2.24, 2.45) is 0 Å². The number of fused-ring (bicyclic) bond motifs is 1. The monoisotopic (exact) mass is 335 g/mol. The Labute approximate surface area is 127 Å². The predicted octanol–water partition coefficient (Wildman–Crippen LogP) is 3.40. The minimum absolute atomic E-state index is 0.311. The van der Waals surface area contributed by atoms with Crippen LogP contribution in [0.3, 0.4) is 0 Å². The summed E-state index contributed by atoms with van der Waals surface area (Å²) in [5, 5.41) is 1.10. The molecule has 3 rings (SSSR count). The van der Waals surface area contributed by atoms with Gasteiger partial charge in [-0.3, -0.25) is 0 Å². The summed E-state index contributed by atoms with van der Waals surface area (Å²) in [7, 11) is 0. The summed E-state index contributed by atoms with van der Waals surface area (Å²) in [5.74, 6) is 1.01. The van der Waals surface area contributed by atoms with Gasteiger partial charge in [-0.1, -0.05) is 15.9 Å². The molecule has 0 N–H and O–H groups in total. The van der Waals surface area contributed by atoms with Crippen LogP contribution in [0.4, 0.5) is 5.82 Å². The zero-order chi connectivity index (χ0) is 13.9. The summed E-state index contributed by atoms with van der Waals surface area (Å²) in [6, 6.07) is 6.13. The third-order valence-corrected chi connectivity index (χ3v) is 4.15. The van der Waals surface area contributed by atoms with Gasteiger partial charge in [0.05, 0.1) is 11.6 Å². The van der Waals surface area contributed by atoms with Crippen LogP contribution < -0.4 is 4.90 Å². The summed E-state index contributed by atoms with van der Waals surface area (Å²) in [4.78, 5) is 11.2. The number of hydrogen-bond acceptors (Lipinski definition) is 4. The van der Waals surface area contributed by atoms with Gasteiger partial charge in [-0.05, 0) is 38.0 Å². The van der Waals surface area contributed by atoms with Crippen molar-refractivity contribution >= 4 is 32.7 Å². The Morgan fingerprint density at radius 3 is 3.15 bits per heavy atom. The minimum atomic E-state index is 0.311. The maximum Gasteiger partial charge on any atom is 0.140 e. The van der Waals surface area contributed by atoms with E-state index in [0.29, 0.717) is 6.10 Å². The van der Waals surface area contributed by atoms with E-state index in [1.165, 1.54) is 0 Å². The van der Waals surface area contributed by atoms with Crippen LogP contribution in [0.25, 0.3) is 10.9 Å². The standard InChI is InChI=1S/C15H18BrN3O/c1-2-20-12-4-3-7-19(9-12)15-13-8-11(16)5-6-14(13)17-10-18-15/h5-6,8,10,12H,2-4,7,9H2,1H3. The van der Waals surface area contributed by atoms with E-state index in [1.807, 2.05) is 12.1 Å². The quantitative estimate of drug-likeness (QED) is 0.861. The van der Waals surface area contributed by atoms with Gasteiger partial charge in [-0.2, -0.15) is 0 Å². The first kappa shape index (κ1) is 13.8. The Hall–Kier alpha value is -1.20. The highest BCUT2D eigenvalue weighted by molar-refractivity contribution is 9.10. The second kappa shape index (κ2) is 6.06. The molecule has 1 aliphatic rings. The van der Waals surface area contributed by atoms with Crippen LogP contribution in [0.1, 0.15) is 19.8 Å². The lowest BCUT2D eigenvalue weighted by molar-refractivity contribution is 0.0526. The molecule has 5 heteroatoms. The van der Waals surface area contributed by atoms with Crippen LogP contribution in [-0.4, -0.2) is 35.8 Å². The van der Waals surface area contributed by atoms with E-state index in [2.05, 4.69) is 43.8 Å². The molecule has 1 saturated heterocycles. The van der Waals surface area contributed by atoms with Crippen molar-refractivity contribution in [3.05, 3.63) is 29.0 Å². The Morgan fingerprint density at radius 2 is 2.30 bits per heavy atom. The number of hydrogen-bond donors (Lipinski definition) is 0. The summed E-state index contributed by atoms with van der Waals surface area (Å²) in [6.45, 7) is 4.76. The lowest BCUT2D eigenvalue weighted by atomic mass is 10.1. The van der Waals surface area contributed by atoms with Crippen LogP contribution in [0.15, 0.2) is 29.0 Å². The van der Waals surface area contributed by atoms with E-state index < -0.39 is 0 Å². The van der Waals surface area contributed by atoms with Gasteiger partial charge in [0.25, 0.3) is 0 Å². The largest absolute Gasteiger partial charge is 0.377 e. The Morgan fingerprint density at radius 1 is 1.40 bits per heavy atom. The van der Waals surface area contributed by atoms with Crippen molar-refractivity contribution in [1.82, 2.24) is 9.97 Å². The molecular formula is C15H18BrN3O. The Balaban J connectivity index is 1.94. The molecule has 0 saturated carbocycles. The topological polar surface area (TPSA) is 38.2 Å². The number of nitrogens with zero attached hydrogens (tertiary/aromatic N) is 3. The smallest absolute Gasteiger partial charge is 0.140 e. The fourth-order valence-electron chi connectivity index (χ4n) is 2.77. The Bertz CT molecular complexity index is 603. The van der Waals surface area contributed by atoms with E-state index in [9.17, 15) is 0 Å². The summed E-state index contributed by atoms with van der Waals surface area (Å²) < 4.78 is 6.83. The molecule has 1 aromatic heterocycles. The molecule has 106 valence electrons. The van der Waals surface area contributed by atoms with Gasteiger partial charge < -0.3 is 9.64 Å². The van der Waals surface area contributed by atoms with Gasteiger partial charge in [0.15, 0.2) is 0 Å². The summed E-state index contributed by atoms with van der Waals surface area (Å²) >= 11 is 3.53. The average Bonchev–Trinajstić information content (AvgIpc) is 2.47. The molecule has 1 atom stereocenters. The van der Waals surface area contributed by atoms with Crippen LogP contribution >= 0.6 is 15.9 Å². The number of aromatic nitrogens is 2. The van der Waals surface area contributed by atoms with Crippen LogP contribution in [0.2, 0.25) is 0 Å².